The Morgan fingerprint density at radius 2 is 1.65 bits per heavy atom. The predicted molar refractivity (Wildman–Crippen MR) is 127 cm³/mol. The van der Waals surface area contributed by atoms with Gasteiger partial charge in [-0.25, -0.2) is 4.79 Å². The van der Waals surface area contributed by atoms with Gasteiger partial charge in [0.05, 0.1) is 11.2 Å². The molecule has 3 N–H and O–H groups in total. The van der Waals surface area contributed by atoms with E-state index in [1.54, 1.807) is 0 Å². The summed E-state index contributed by atoms with van der Waals surface area (Å²) in [4.78, 5) is 12.3. The Morgan fingerprint density at radius 3 is 2.26 bits per heavy atom. The van der Waals surface area contributed by atoms with Gasteiger partial charge in [0.2, 0.25) is 0 Å². The van der Waals surface area contributed by atoms with Gasteiger partial charge in [-0.1, -0.05) is 36.4 Å². The second-order valence-electron chi connectivity index (χ2n) is 9.95. The topological polar surface area (TPSA) is 82.8 Å². The van der Waals surface area contributed by atoms with Crippen LogP contribution in [0.15, 0.2) is 41.9 Å². The Morgan fingerprint density at radius 1 is 1.06 bits per heavy atom. The monoisotopic (exact) mass is 424 g/mol. The number of hydrogen-bond donors (Lipinski definition) is 2. The third kappa shape index (κ3) is 5.22. The van der Waals surface area contributed by atoms with Gasteiger partial charge in [-0.3, -0.25) is 0 Å². The van der Waals surface area contributed by atoms with Crippen LogP contribution < -0.4 is 11.1 Å². The summed E-state index contributed by atoms with van der Waals surface area (Å²) < 4.78 is 17.9. The molecule has 0 unspecified atom stereocenters. The van der Waals surface area contributed by atoms with E-state index >= 15 is 0 Å². The van der Waals surface area contributed by atoms with Crippen LogP contribution in [0, 0.1) is 0 Å². The fourth-order valence-corrected chi connectivity index (χ4v) is 3.37. The molecule has 1 fully saturated rings. The van der Waals surface area contributed by atoms with Crippen molar-refractivity contribution in [2.45, 2.75) is 65.3 Å². The fraction of sp³-hybridized carbons (Fsp3) is 0.458. The van der Waals surface area contributed by atoms with Crippen LogP contribution in [0.25, 0.3) is 16.8 Å². The minimum Gasteiger partial charge on any atom is -0.444 e. The van der Waals surface area contributed by atoms with Crippen molar-refractivity contribution in [3.63, 3.8) is 0 Å². The van der Waals surface area contributed by atoms with Crippen LogP contribution >= 0.6 is 0 Å². The number of nitrogens with two attached hydrogens (primary N) is 1. The van der Waals surface area contributed by atoms with Gasteiger partial charge in [0, 0.05) is 17.6 Å². The van der Waals surface area contributed by atoms with E-state index < -0.39 is 30.0 Å². The number of carbonyl (C=O) groups excluding carboxylic acids is 1. The van der Waals surface area contributed by atoms with E-state index in [9.17, 15) is 4.79 Å². The first-order chi connectivity index (χ1) is 14.3. The van der Waals surface area contributed by atoms with Crippen LogP contribution in [0.3, 0.4) is 0 Å². The van der Waals surface area contributed by atoms with Crippen LogP contribution in [0.5, 0.6) is 0 Å². The molecule has 0 saturated carbocycles. The fourth-order valence-electron chi connectivity index (χ4n) is 3.37. The Labute approximate surface area is 185 Å². The molecule has 0 bridgehead atoms. The lowest BCUT2D eigenvalue weighted by Crippen LogP contribution is -2.41. The first-order valence-corrected chi connectivity index (χ1v) is 10.6. The Bertz CT molecular complexity index is 992. The van der Waals surface area contributed by atoms with E-state index in [-0.39, 0.29) is 6.54 Å². The van der Waals surface area contributed by atoms with Crippen LogP contribution in [0.1, 0.15) is 54.0 Å². The van der Waals surface area contributed by atoms with Gasteiger partial charge in [-0.05, 0) is 71.0 Å². The molecule has 0 spiro atoms. The van der Waals surface area contributed by atoms with Gasteiger partial charge in [-0.2, -0.15) is 0 Å². The number of rotatable bonds is 4. The molecular weight excluding hydrogens is 391 g/mol. The zero-order valence-corrected chi connectivity index (χ0v) is 19.5. The van der Waals surface area contributed by atoms with Crippen molar-refractivity contribution >= 4 is 35.7 Å². The van der Waals surface area contributed by atoms with Crippen LogP contribution in [-0.2, 0) is 14.0 Å². The molecular formula is C24H33BN2O4. The van der Waals surface area contributed by atoms with E-state index in [1.807, 2.05) is 90.9 Å². The number of nitrogens with one attached hydrogen (secondary N) is 1. The molecule has 1 saturated heterocycles. The van der Waals surface area contributed by atoms with Crippen molar-refractivity contribution < 1.29 is 18.8 Å². The van der Waals surface area contributed by atoms with E-state index in [0.717, 1.165) is 27.5 Å². The Balaban J connectivity index is 1.97. The summed E-state index contributed by atoms with van der Waals surface area (Å²) in [6.45, 7) is 13.7. The molecule has 0 aliphatic carbocycles. The predicted octanol–water partition coefficient (Wildman–Crippen LogP) is 4.96. The number of ether oxygens (including phenoxy) is 1. The van der Waals surface area contributed by atoms with Gasteiger partial charge in [0.25, 0.3) is 0 Å². The molecule has 2 aromatic carbocycles. The smallest absolute Gasteiger partial charge is 0.444 e. The molecule has 1 aliphatic rings. The Hall–Kier alpha value is -2.51. The number of hydrogen-bond acceptors (Lipinski definition) is 5. The standard InChI is InChI=1S/C24H33BN2O4/c1-22(2,3)29-21(28)27-15-17(25-30-23(4,5)24(6,7)31-25)14-16-10-8-12-19-18(16)11-9-13-20(19)26/h8-14H,15,26H2,1-7H3,(H,27,28). The van der Waals surface area contributed by atoms with E-state index in [2.05, 4.69) is 5.32 Å². The number of nitrogen functional groups attached to an aromatic ring is 1. The lowest BCUT2D eigenvalue weighted by Gasteiger charge is -2.32. The summed E-state index contributed by atoms with van der Waals surface area (Å²) in [6, 6.07) is 11.8. The number of amides is 1. The highest BCUT2D eigenvalue weighted by molar-refractivity contribution is 6.56. The lowest BCUT2D eigenvalue weighted by atomic mass is 9.76. The van der Waals surface area contributed by atoms with Crippen molar-refractivity contribution in [1.29, 1.82) is 0 Å². The van der Waals surface area contributed by atoms with Gasteiger partial charge < -0.3 is 25.1 Å². The number of benzene rings is 2. The van der Waals surface area contributed by atoms with Gasteiger partial charge in [0.1, 0.15) is 5.60 Å². The summed E-state index contributed by atoms with van der Waals surface area (Å²) in [5, 5.41) is 4.83. The Kier molecular flexibility index (Phi) is 6.13. The third-order valence-corrected chi connectivity index (χ3v) is 5.72. The molecule has 7 heteroatoms. The van der Waals surface area contributed by atoms with Gasteiger partial charge in [0.15, 0.2) is 0 Å². The molecule has 1 heterocycles. The second kappa shape index (κ2) is 8.21. The minimum absolute atomic E-state index is 0.227. The maximum Gasteiger partial charge on any atom is 0.492 e. The van der Waals surface area contributed by atoms with Crippen LogP contribution in [-0.4, -0.2) is 36.6 Å². The first kappa shape index (κ1) is 23.2. The summed E-state index contributed by atoms with van der Waals surface area (Å²) >= 11 is 0. The quantitative estimate of drug-likeness (QED) is 0.536. The number of anilines is 1. The summed E-state index contributed by atoms with van der Waals surface area (Å²) in [5.41, 5.74) is 7.08. The SMILES string of the molecule is CC(C)(C)OC(=O)NCC(=Cc1cccc2c(N)cccc12)B1OC(C)(C)C(C)(C)O1. The number of alkyl carbamates (subject to hydrolysis) is 1. The molecule has 0 atom stereocenters. The van der Waals surface area contributed by atoms with E-state index in [1.165, 1.54) is 0 Å². The maximum absolute atomic E-state index is 12.3. The van der Waals surface area contributed by atoms with Crippen molar-refractivity contribution in [2.24, 2.45) is 0 Å². The van der Waals surface area contributed by atoms with Crippen molar-refractivity contribution in [3.8, 4) is 0 Å². The third-order valence-electron chi connectivity index (χ3n) is 5.72. The summed E-state index contributed by atoms with van der Waals surface area (Å²) in [5.74, 6) is 0. The van der Waals surface area contributed by atoms with Crippen molar-refractivity contribution in [2.75, 3.05) is 12.3 Å². The highest BCUT2D eigenvalue weighted by Crippen LogP contribution is 2.39. The largest absolute Gasteiger partial charge is 0.492 e. The lowest BCUT2D eigenvalue weighted by molar-refractivity contribution is 0.00578. The maximum atomic E-state index is 12.3. The summed E-state index contributed by atoms with van der Waals surface area (Å²) in [6.07, 6.45) is 1.51. The zero-order chi connectivity index (χ0) is 23.0. The normalized spacial score (nSPS) is 18.3. The number of carbonyl (C=O) groups is 1. The average molecular weight is 424 g/mol. The van der Waals surface area contributed by atoms with Gasteiger partial charge >= 0.3 is 13.2 Å². The highest BCUT2D eigenvalue weighted by atomic mass is 16.7. The molecule has 3 rings (SSSR count). The number of fused-ring (bicyclic) bond motifs is 1. The summed E-state index contributed by atoms with van der Waals surface area (Å²) in [7, 11) is -0.601. The average Bonchev–Trinajstić information content (AvgIpc) is 2.85. The first-order valence-electron chi connectivity index (χ1n) is 10.6. The van der Waals surface area contributed by atoms with E-state index in [4.69, 9.17) is 19.8 Å². The highest BCUT2D eigenvalue weighted by Gasteiger charge is 2.52. The minimum atomic E-state index is -0.601. The molecule has 1 amide bonds. The van der Waals surface area contributed by atoms with Crippen molar-refractivity contribution in [3.05, 3.63) is 47.4 Å². The van der Waals surface area contributed by atoms with Crippen LogP contribution in [0.4, 0.5) is 10.5 Å². The second-order valence-corrected chi connectivity index (χ2v) is 9.95. The molecule has 166 valence electrons. The molecule has 1 aliphatic heterocycles. The van der Waals surface area contributed by atoms with Crippen LogP contribution in [0.2, 0.25) is 0 Å². The zero-order valence-electron chi connectivity index (χ0n) is 19.5. The van der Waals surface area contributed by atoms with Gasteiger partial charge in [-0.15, -0.1) is 0 Å². The van der Waals surface area contributed by atoms with E-state index in [0.29, 0.717) is 0 Å². The molecule has 0 aromatic heterocycles. The molecule has 2 aromatic rings. The molecule has 0 radical (unpaired) electrons. The molecule has 6 nitrogen and oxygen atoms in total. The molecule has 31 heavy (non-hydrogen) atoms. The van der Waals surface area contributed by atoms with Crippen molar-refractivity contribution in [1.82, 2.24) is 5.32 Å².